The summed E-state index contributed by atoms with van der Waals surface area (Å²) in [6, 6.07) is -0.0403. The van der Waals surface area contributed by atoms with Crippen molar-refractivity contribution in [3.63, 3.8) is 0 Å². The Morgan fingerprint density at radius 3 is 2.78 bits per heavy atom. The van der Waals surface area contributed by atoms with Gasteiger partial charge in [-0.2, -0.15) is 0 Å². The van der Waals surface area contributed by atoms with Gasteiger partial charge < -0.3 is 16.0 Å². The minimum Gasteiger partial charge on any atom is -0.344 e. The third-order valence-electron chi connectivity index (χ3n) is 4.24. The molecule has 2 rings (SSSR count). The molecule has 102 valence electrons. The standard InChI is InChI=1S/C13H23N3O2/c1-2-16(11-5-3-4-9(11)8-14)13(18)10-6-7-12(17)15-10/h9-11H,2-8,14H2,1H3,(H,15,17)/t9?,10-,11?/m0/s1. The van der Waals surface area contributed by atoms with Gasteiger partial charge in [-0.1, -0.05) is 6.42 Å². The number of hydrogen-bond donors (Lipinski definition) is 2. The molecule has 0 radical (unpaired) electrons. The van der Waals surface area contributed by atoms with E-state index in [0.717, 1.165) is 19.3 Å². The van der Waals surface area contributed by atoms with E-state index in [1.54, 1.807) is 0 Å². The molecular formula is C13H23N3O2. The highest BCUT2D eigenvalue weighted by Gasteiger charge is 2.37. The third kappa shape index (κ3) is 2.51. The van der Waals surface area contributed by atoms with Crippen LogP contribution in [0.1, 0.15) is 39.0 Å². The van der Waals surface area contributed by atoms with Crippen molar-refractivity contribution in [3.8, 4) is 0 Å². The maximum absolute atomic E-state index is 12.4. The number of nitrogens with one attached hydrogen (secondary N) is 1. The highest BCUT2D eigenvalue weighted by molar-refractivity contribution is 5.91. The lowest BCUT2D eigenvalue weighted by Gasteiger charge is -2.33. The zero-order valence-corrected chi connectivity index (χ0v) is 11.0. The fourth-order valence-electron chi connectivity index (χ4n) is 3.26. The molecule has 0 spiro atoms. The summed E-state index contributed by atoms with van der Waals surface area (Å²) in [5.74, 6) is 0.492. The maximum atomic E-state index is 12.4. The first-order valence-electron chi connectivity index (χ1n) is 6.97. The first-order valence-corrected chi connectivity index (χ1v) is 6.97. The predicted molar refractivity (Wildman–Crippen MR) is 68.7 cm³/mol. The van der Waals surface area contributed by atoms with E-state index in [9.17, 15) is 9.59 Å². The van der Waals surface area contributed by atoms with E-state index < -0.39 is 0 Å². The summed E-state index contributed by atoms with van der Waals surface area (Å²) >= 11 is 0. The summed E-state index contributed by atoms with van der Waals surface area (Å²) in [5.41, 5.74) is 5.78. The molecule has 1 aliphatic heterocycles. The summed E-state index contributed by atoms with van der Waals surface area (Å²) in [6.45, 7) is 3.35. The van der Waals surface area contributed by atoms with E-state index in [-0.39, 0.29) is 23.9 Å². The van der Waals surface area contributed by atoms with Crippen molar-refractivity contribution in [3.05, 3.63) is 0 Å². The third-order valence-corrected chi connectivity index (χ3v) is 4.24. The molecule has 1 heterocycles. The van der Waals surface area contributed by atoms with E-state index in [1.165, 1.54) is 0 Å². The molecule has 2 fully saturated rings. The van der Waals surface area contributed by atoms with Gasteiger partial charge in [0.05, 0.1) is 0 Å². The van der Waals surface area contributed by atoms with Gasteiger partial charge >= 0.3 is 0 Å². The summed E-state index contributed by atoms with van der Waals surface area (Å²) < 4.78 is 0. The van der Waals surface area contributed by atoms with Crippen LogP contribution < -0.4 is 11.1 Å². The minimum atomic E-state index is -0.309. The highest BCUT2D eigenvalue weighted by Crippen LogP contribution is 2.30. The van der Waals surface area contributed by atoms with Gasteiger partial charge in [-0.05, 0) is 38.6 Å². The number of carbonyl (C=O) groups excluding carboxylic acids is 2. The Hall–Kier alpha value is -1.10. The van der Waals surface area contributed by atoms with Crippen molar-refractivity contribution >= 4 is 11.8 Å². The topological polar surface area (TPSA) is 75.4 Å². The van der Waals surface area contributed by atoms with Crippen molar-refractivity contribution in [1.82, 2.24) is 10.2 Å². The molecule has 1 saturated carbocycles. The van der Waals surface area contributed by atoms with Crippen LogP contribution in [-0.2, 0) is 9.59 Å². The zero-order valence-electron chi connectivity index (χ0n) is 11.0. The van der Waals surface area contributed by atoms with Gasteiger partial charge in [-0.3, -0.25) is 9.59 Å². The first-order chi connectivity index (χ1) is 8.67. The average molecular weight is 253 g/mol. The monoisotopic (exact) mass is 253 g/mol. The molecule has 2 unspecified atom stereocenters. The number of hydrogen-bond acceptors (Lipinski definition) is 3. The number of rotatable bonds is 4. The lowest BCUT2D eigenvalue weighted by Crippen LogP contribution is -2.50. The minimum absolute atomic E-state index is 0.00815. The van der Waals surface area contributed by atoms with Gasteiger partial charge in [-0.25, -0.2) is 0 Å². The lowest BCUT2D eigenvalue weighted by atomic mass is 10.0. The van der Waals surface area contributed by atoms with Crippen LogP contribution in [0, 0.1) is 5.92 Å². The fourth-order valence-corrected chi connectivity index (χ4v) is 3.26. The molecule has 1 saturated heterocycles. The van der Waals surface area contributed by atoms with Crippen molar-refractivity contribution in [1.29, 1.82) is 0 Å². The number of likely N-dealkylation sites (N-methyl/N-ethyl adjacent to an activating group) is 1. The van der Waals surface area contributed by atoms with Gasteiger partial charge in [0, 0.05) is 19.0 Å². The Labute approximate surface area is 108 Å². The second-order valence-electron chi connectivity index (χ2n) is 5.28. The Morgan fingerprint density at radius 2 is 2.22 bits per heavy atom. The Balaban J connectivity index is 2.03. The highest BCUT2D eigenvalue weighted by atomic mass is 16.2. The largest absolute Gasteiger partial charge is 0.344 e. The molecule has 1 aliphatic carbocycles. The molecule has 2 aliphatic rings. The molecule has 0 aromatic carbocycles. The zero-order chi connectivity index (χ0) is 13.1. The van der Waals surface area contributed by atoms with E-state index >= 15 is 0 Å². The molecule has 5 heteroatoms. The number of carbonyl (C=O) groups is 2. The van der Waals surface area contributed by atoms with E-state index in [1.807, 2.05) is 11.8 Å². The number of amides is 2. The van der Waals surface area contributed by atoms with Gasteiger partial charge in [0.15, 0.2) is 0 Å². The second kappa shape index (κ2) is 5.69. The van der Waals surface area contributed by atoms with Gasteiger partial charge in [0.2, 0.25) is 11.8 Å². The van der Waals surface area contributed by atoms with Crippen LogP contribution in [0.3, 0.4) is 0 Å². The molecule has 3 atom stereocenters. The van der Waals surface area contributed by atoms with Crippen molar-refractivity contribution < 1.29 is 9.59 Å². The van der Waals surface area contributed by atoms with Crippen LogP contribution in [0.25, 0.3) is 0 Å². The van der Waals surface area contributed by atoms with Crippen molar-refractivity contribution in [2.45, 2.75) is 51.1 Å². The molecule has 3 N–H and O–H groups in total. The average Bonchev–Trinajstić information content (AvgIpc) is 2.98. The van der Waals surface area contributed by atoms with Crippen LogP contribution >= 0.6 is 0 Å². The molecule has 0 bridgehead atoms. The number of nitrogens with two attached hydrogens (primary N) is 1. The first kappa shape index (κ1) is 13.3. The van der Waals surface area contributed by atoms with Crippen LogP contribution in [0.4, 0.5) is 0 Å². The van der Waals surface area contributed by atoms with Crippen molar-refractivity contribution in [2.24, 2.45) is 11.7 Å². The van der Waals surface area contributed by atoms with E-state index in [0.29, 0.717) is 31.8 Å². The van der Waals surface area contributed by atoms with Gasteiger partial charge in [0.25, 0.3) is 0 Å². The van der Waals surface area contributed by atoms with Crippen LogP contribution in [0.5, 0.6) is 0 Å². The summed E-state index contributed by atoms with van der Waals surface area (Å²) in [5, 5.41) is 2.76. The fraction of sp³-hybridized carbons (Fsp3) is 0.846. The van der Waals surface area contributed by atoms with Crippen LogP contribution in [-0.4, -0.2) is 41.9 Å². The van der Waals surface area contributed by atoms with Crippen LogP contribution in [0.2, 0.25) is 0 Å². The predicted octanol–water partition coefficient (Wildman–Crippen LogP) is 0.241. The Bertz CT molecular complexity index is 332. The molecule has 2 amide bonds. The molecule has 5 nitrogen and oxygen atoms in total. The molecule has 18 heavy (non-hydrogen) atoms. The van der Waals surface area contributed by atoms with E-state index in [4.69, 9.17) is 5.73 Å². The Kier molecular flexibility index (Phi) is 4.22. The lowest BCUT2D eigenvalue weighted by molar-refractivity contribution is -0.137. The van der Waals surface area contributed by atoms with Gasteiger partial charge in [0.1, 0.15) is 6.04 Å². The normalized spacial score (nSPS) is 31.4. The number of nitrogens with zero attached hydrogens (tertiary/aromatic N) is 1. The van der Waals surface area contributed by atoms with Crippen molar-refractivity contribution in [2.75, 3.05) is 13.1 Å². The smallest absolute Gasteiger partial charge is 0.245 e. The Morgan fingerprint density at radius 1 is 1.44 bits per heavy atom. The van der Waals surface area contributed by atoms with Crippen LogP contribution in [0.15, 0.2) is 0 Å². The molecule has 0 aromatic rings. The summed E-state index contributed by atoms with van der Waals surface area (Å²) in [6.07, 6.45) is 4.41. The van der Waals surface area contributed by atoms with E-state index in [2.05, 4.69) is 5.32 Å². The molecular weight excluding hydrogens is 230 g/mol. The summed E-state index contributed by atoms with van der Waals surface area (Å²) in [4.78, 5) is 25.6. The van der Waals surface area contributed by atoms with Gasteiger partial charge in [-0.15, -0.1) is 0 Å². The summed E-state index contributed by atoms with van der Waals surface area (Å²) in [7, 11) is 0. The second-order valence-corrected chi connectivity index (χ2v) is 5.28. The quantitative estimate of drug-likeness (QED) is 0.753. The molecule has 0 aromatic heterocycles. The maximum Gasteiger partial charge on any atom is 0.245 e. The SMILES string of the molecule is CCN(C(=O)[C@@H]1CCC(=O)N1)C1CCCC1CN.